The Balaban J connectivity index is 2.69. The fraction of sp³-hybridized carbons (Fsp3) is 0.222. The summed E-state index contributed by atoms with van der Waals surface area (Å²) in [5.74, 6) is -1.16. The molecule has 1 aromatic carbocycles. The Hall–Kier alpha value is -1.33. The summed E-state index contributed by atoms with van der Waals surface area (Å²) >= 11 is 5.73. The lowest BCUT2D eigenvalue weighted by molar-refractivity contribution is -0.118. The van der Waals surface area contributed by atoms with Crippen LogP contribution in [-0.4, -0.2) is 18.5 Å². The molecule has 4 nitrogen and oxygen atoms in total. The number of hydrogen-bond donors (Lipinski definition) is 3. The normalized spacial score (nSPS) is 12.2. The summed E-state index contributed by atoms with van der Waals surface area (Å²) in [5, 5.41) is 2.86. The molecule has 1 aromatic rings. The van der Waals surface area contributed by atoms with Gasteiger partial charge in [0.05, 0.1) is 10.7 Å². The Morgan fingerprint density at radius 3 is 2.80 bits per heavy atom. The van der Waals surface area contributed by atoms with Crippen molar-refractivity contribution in [2.75, 3.05) is 11.9 Å². The summed E-state index contributed by atoms with van der Waals surface area (Å²) in [4.78, 5) is 10.6. The summed E-state index contributed by atoms with van der Waals surface area (Å²) in [6, 6.07) is 3.39. The van der Waals surface area contributed by atoms with E-state index in [1.165, 1.54) is 18.2 Å². The van der Waals surface area contributed by atoms with E-state index in [1.54, 1.807) is 0 Å². The quantitative estimate of drug-likeness (QED) is 0.714. The van der Waals surface area contributed by atoms with Crippen molar-refractivity contribution in [3.8, 4) is 0 Å². The van der Waals surface area contributed by atoms with Crippen molar-refractivity contribution in [2.45, 2.75) is 6.04 Å². The van der Waals surface area contributed by atoms with Crippen LogP contribution in [0.3, 0.4) is 0 Å². The van der Waals surface area contributed by atoms with E-state index in [0.29, 0.717) is 0 Å². The van der Waals surface area contributed by atoms with Crippen LogP contribution in [0.15, 0.2) is 18.2 Å². The number of hydrogen-bond acceptors (Lipinski definition) is 3. The first-order chi connectivity index (χ1) is 7.02. The molecule has 0 aliphatic rings. The highest BCUT2D eigenvalue weighted by molar-refractivity contribution is 6.33. The third-order valence-corrected chi connectivity index (χ3v) is 2.14. The second kappa shape index (κ2) is 4.95. The van der Waals surface area contributed by atoms with Crippen LogP contribution in [0, 0.1) is 5.82 Å². The second-order valence-electron chi connectivity index (χ2n) is 2.99. The first kappa shape index (κ1) is 11.7. The largest absolute Gasteiger partial charge is 0.379 e. The maximum atomic E-state index is 13.2. The molecule has 6 heteroatoms. The second-order valence-corrected chi connectivity index (χ2v) is 3.39. The standard InChI is InChI=1S/C9H11ClFN3O/c10-5-2-1-3-6(11)8(5)14-4-7(12)9(13)15/h1-3,7,14H,4,12H2,(H2,13,15). The highest BCUT2D eigenvalue weighted by atomic mass is 35.5. The zero-order valence-corrected chi connectivity index (χ0v) is 8.59. The Morgan fingerprint density at radius 2 is 2.27 bits per heavy atom. The molecular formula is C9H11ClFN3O. The van der Waals surface area contributed by atoms with Gasteiger partial charge >= 0.3 is 0 Å². The Kier molecular flexibility index (Phi) is 3.88. The number of anilines is 1. The molecule has 0 saturated carbocycles. The number of carbonyl (C=O) groups is 1. The molecule has 1 amide bonds. The Bertz CT molecular complexity index is 352. The van der Waals surface area contributed by atoms with E-state index in [2.05, 4.69) is 5.32 Å². The predicted octanol–water partition coefficient (Wildman–Crippen LogP) is 0.704. The molecule has 0 saturated heterocycles. The molecule has 0 spiro atoms. The third kappa shape index (κ3) is 3.07. The molecule has 0 fully saturated rings. The molecule has 0 bridgehead atoms. The number of para-hydroxylation sites is 1. The van der Waals surface area contributed by atoms with Crippen molar-refractivity contribution in [1.82, 2.24) is 0 Å². The number of amides is 1. The molecule has 5 N–H and O–H groups in total. The first-order valence-electron chi connectivity index (χ1n) is 4.25. The lowest BCUT2D eigenvalue weighted by atomic mass is 10.2. The molecule has 0 aromatic heterocycles. The smallest absolute Gasteiger partial charge is 0.236 e. The number of rotatable bonds is 4. The maximum Gasteiger partial charge on any atom is 0.236 e. The first-order valence-corrected chi connectivity index (χ1v) is 4.63. The summed E-state index contributed by atoms with van der Waals surface area (Å²) in [7, 11) is 0. The monoisotopic (exact) mass is 231 g/mol. The van der Waals surface area contributed by atoms with Crippen LogP contribution >= 0.6 is 11.6 Å². The third-order valence-electron chi connectivity index (χ3n) is 1.83. The molecule has 0 aliphatic heterocycles. The fourth-order valence-electron chi connectivity index (χ4n) is 0.979. The number of nitrogens with two attached hydrogens (primary N) is 2. The topological polar surface area (TPSA) is 81.1 Å². The molecule has 0 aliphatic carbocycles. The highest BCUT2D eigenvalue weighted by Gasteiger charge is 2.11. The van der Waals surface area contributed by atoms with E-state index in [1.807, 2.05) is 0 Å². The summed E-state index contributed by atoms with van der Waals surface area (Å²) < 4.78 is 13.2. The van der Waals surface area contributed by atoms with Crippen LogP contribution in [0.4, 0.5) is 10.1 Å². The van der Waals surface area contributed by atoms with Gasteiger partial charge in [0.25, 0.3) is 0 Å². The van der Waals surface area contributed by atoms with Gasteiger partial charge in [0.15, 0.2) is 0 Å². The number of halogens is 2. The maximum absolute atomic E-state index is 13.2. The average molecular weight is 232 g/mol. The number of nitrogens with one attached hydrogen (secondary N) is 1. The van der Waals surface area contributed by atoms with E-state index in [9.17, 15) is 9.18 Å². The lowest BCUT2D eigenvalue weighted by Crippen LogP contribution is -2.41. The van der Waals surface area contributed by atoms with Gasteiger partial charge in [0.2, 0.25) is 5.91 Å². The van der Waals surface area contributed by atoms with E-state index >= 15 is 0 Å². The van der Waals surface area contributed by atoms with Gasteiger partial charge in [0.1, 0.15) is 11.9 Å². The van der Waals surface area contributed by atoms with Crippen LogP contribution in [0.25, 0.3) is 0 Å². The molecular weight excluding hydrogens is 221 g/mol. The van der Waals surface area contributed by atoms with Crippen LogP contribution < -0.4 is 16.8 Å². The lowest BCUT2D eigenvalue weighted by Gasteiger charge is -2.12. The van der Waals surface area contributed by atoms with Crippen molar-refractivity contribution in [2.24, 2.45) is 11.5 Å². The van der Waals surface area contributed by atoms with Crippen LogP contribution in [0.2, 0.25) is 5.02 Å². The van der Waals surface area contributed by atoms with Crippen LogP contribution in [0.1, 0.15) is 0 Å². The van der Waals surface area contributed by atoms with E-state index in [4.69, 9.17) is 23.1 Å². The molecule has 1 rings (SSSR count). The van der Waals surface area contributed by atoms with Gasteiger partial charge in [-0.05, 0) is 12.1 Å². The summed E-state index contributed by atoms with van der Waals surface area (Å²) in [5.41, 5.74) is 10.4. The predicted molar refractivity (Wildman–Crippen MR) is 57.1 cm³/mol. The van der Waals surface area contributed by atoms with Gasteiger partial charge in [0, 0.05) is 6.54 Å². The minimum absolute atomic E-state index is 0.0377. The van der Waals surface area contributed by atoms with Crippen molar-refractivity contribution >= 4 is 23.2 Å². The van der Waals surface area contributed by atoms with Crippen LogP contribution in [0.5, 0.6) is 0 Å². The number of benzene rings is 1. The average Bonchev–Trinajstić information content (AvgIpc) is 2.16. The fourth-order valence-corrected chi connectivity index (χ4v) is 1.21. The van der Waals surface area contributed by atoms with E-state index < -0.39 is 17.8 Å². The molecule has 1 unspecified atom stereocenters. The van der Waals surface area contributed by atoms with Gasteiger partial charge in [-0.25, -0.2) is 4.39 Å². The Labute approximate surface area is 91.4 Å². The summed E-state index contributed by atoms with van der Waals surface area (Å²) in [6.07, 6.45) is 0. The van der Waals surface area contributed by atoms with Gasteiger partial charge in [-0.1, -0.05) is 17.7 Å². The Morgan fingerprint density at radius 1 is 1.60 bits per heavy atom. The highest BCUT2D eigenvalue weighted by Crippen LogP contribution is 2.24. The van der Waals surface area contributed by atoms with Gasteiger partial charge in [-0.2, -0.15) is 0 Å². The van der Waals surface area contributed by atoms with Gasteiger partial charge in [-0.15, -0.1) is 0 Å². The van der Waals surface area contributed by atoms with Gasteiger partial charge < -0.3 is 16.8 Å². The number of carbonyl (C=O) groups excluding carboxylic acids is 1. The zero-order valence-electron chi connectivity index (χ0n) is 7.84. The molecule has 82 valence electrons. The summed E-state index contributed by atoms with van der Waals surface area (Å²) in [6.45, 7) is 0.0377. The molecule has 15 heavy (non-hydrogen) atoms. The van der Waals surface area contributed by atoms with Crippen molar-refractivity contribution < 1.29 is 9.18 Å². The van der Waals surface area contributed by atoms with Crippen molar-refractivity contribution in [3.63, 3.8) is 0 Å². The van der Waals surface area contributed by atoms with Crippen LogP contribution in [-0.2, 0) is 4.79 Å². The zero-order chi connectivity index (χ0) is 11.4. The SMILES string of the molecule is NC(=O)C(N)CNc1c(F)cccc1Cl. The molecule has 0 heterocycles. The van der Waals surface area contributed by atoms with Crippen molar-refractivity contribution in [1.29, 1.82) is 0 Å². The van der Waals surface area contributed by atoms with Gasteiger partial charge in [-0.3, -0.25) is 4.79 Å². The molecule has 0 radical (unpaired) electrons. The minimum Gasteiger partial charge on any atom is -0.379 e. The van der Waals surface area contributed by atoms with Crippen molar-refractivity contribution in [3.05, 3.63) is 29.0 Å². The van der Waals surface area contributed by atoms with E-state index in [-0.39, 0.29) is 17.3 Å². The minimum atomic E-state index is -0.874. The van der Waals surface area contributed by atoms with E-state index in [0.717, 1.165) is 0 Å². The molecule has 1 atom stereocenters. The number of primary amides is 1.